The largest absolute Gasteiger partial charge is 0.495 e. The van der Waals surface area contributed by atoms with Crippen molar-refractivity contribution in [3.63, 3.8) is 0 Å². The molecule has 1 aliphatic heterocycles. The van der Waals surface area contributed by atoms with E-state index in [1.165, 1.54) is 0 Å². The molecule has 0 unspecified atom stereocenters. The highest BCUT2D eigenvalue weighted by Crippen LogP contribution is 2.38. The third-order valence-electron chi connectivity index (χ3n) is 6.47. The molecule has 0 radical (unpaired) electrons. The Bertz CT molecular complexity index is 1410. The molecule has 4 aromatic rings. The summed E-state index contributed by atoms with van der Waals surface area (Å²) >= 11 is 6.39. The van der Waals surface area contributed by atoms with Crippen LogP contribution in [0.5, 0.6) is 5.75 Å². The van der Waals surface area contributed by atoms with Crippen molar-refractivity contribution in [1.82, 2.24) is 9.38 Å². The van der Waals surface area contributed by atoms with Gasteiger partial charge in [-0.3, -0.25) is 0 Å². The first-order valence-electron chi connectivity index (χ1n) is 11.2. The molecule has 1 fully saturated rings. The van der Waals surface area contributed by atoms with Crippen molar-refractivity contribution in [2.45, 2.75) is 20.0 Å². The minimum Gasteiger partial charge on any atom is -0.495 e. The molecule has 0 spiro atoms. The van der Waals surface area contributed by atoms with E-state index in [-0.39, 0.29) is 6.61 Å². The normalized spacial score (nSPS) is 15.6. The molecule has 3 heterocycles. The number of aromatic nitrogens is 2. The average Bonchev–Trinajstić information content (AvgIpc) is 3.48. The number of imidazole rings is 1. The standard InChI is InChI=1S/C27H25ClN4O2/c1-17-8-9-31(13-17)25-12-27-30-24(21-11-23(28)26(34-3)10-19(21)16-33)15-32(27)14-22(25)18-4-6-20(29-2)7-5-18/h4-7,10-12,14-15,17,33H,8-9,13,16H2,1,3H3/t17-/m0/s1. The van der Waals surface area contributed by atoms with Gasteiger partial charge in [-0.25, -0.2) is 9.83 Å². The van der Waals surface area contributed by atoms with Crippen LogP contribution in [0, 0.1) is 12.5 Å². The summed E-state index contributed by atoms with van der Waals surface area (Å²) in [6.07, 6.45) is 5.21. The average molecular weight is 473 g/mol. The Kier molecular flexibility index (Phi) is 5.91. The van der Waals surface area contributed by atoms with Gasteiger partial charge in [-0.15, -0.1) is 0 Å². The van der Waals surface area contributed by atoms with Crippen molar-refractivity contribution in [3.05, 3.63) is 76.9 Å². The number of fused-ring (bicyclic) bond motifs is 1. The van der Waals surface area contributed by atoms with Gasteiger partial charge in [0.15, 0.2) is 5.69 Å². The van der Waals surface area contributed by atoms with Crippen LogP contribution >= 0.6 is 11.6 Å². The number of anilines is 1. The van der Waals surface area contributed by atoms with Gasteiger partial charge in [0.2, 0.25) is 0 Å². The Labute approximate surface area is 203 Å². The summed E-state index contributed by atoms with van der Waals surface area (Å²) in [5.41, 5.74) is 6.94. The first-order valence-corrected chi connectivity index (χ1v) is 11.6. The number of aliphatic hydroxyl groups is 1. The zero-order valence-corrected chi connectivity index (χ0v) is 19.9. The van der Waals surface area contributed by atoms with E-state index < -0.39 is 0 Å². The summed E-state index contributed by atoms with van der Waals surface area (Å²) in [4.78, 5) is 10.8. The number of rotatable bonds is 5. The van der Waals surface area contributed by atoms with E-state index in [2.05, 4.69) is 28.9 Å². The summed E-state index contributed by atoms with van der Waals surface area (Å²) in [6.45, 7) is 11.4. The minimum absolute atomic E-state index is 0.147. The van der Waals surface area contributed by atoms with Crippen molar-refractivity contribution in [3.8, 4) is 28.1 Å². The van der Waals surface area contributed by atoms with Crippen molar-refractivity contribution >= 4 is 28.6 Å². The molecule has 6 nitrogen and oxygen atoms in total. The molecule has 5 rings (SSSR count). The molecule has 7 heteroatoms. The number of methoxy groups -OCH3 is 1. The van der Waals surface area contributed by atoms with E-state index in [1.807, 2.05) is 34.9 Å². The lowest BCUT2D eigenvalue weighted by molar-refractivity contribution is 0.281. The van der Waals surface area contributed by atoms with Gasteiger partial charge in [-0.05, 0) is 35.6 Å². The zero-order valence-electron chi connectivity index (χ0n) is 19.1. The van der Waals surface area contributed by atoms with Crippen LogP contribution in [0.25, 0.3) is 32.9 Å². The van der Waals surface area contributed by atoms with Crippen LogP contribution in [0.4, 0.5) is 11.4 Å². The number of pyridine rings is 1. The fourth-order valence-electron chi connectivity index (χ4n) is 4.63. The van der Waals surface area contributed by atoms with Gasteiger partial charge in [-0.2, -0.15) is 0 Å². The van der Waals surface area contributed by atoms with E-state index in [9.17, 15) is 5.11 Å². The Morgan fingerprint density at radius 3 is 2.62 bits per heavy atom. The quantitative estimate of drug-likeness (QED) is 0.350. The van der Waals surface area contributed by atoms with Crippen molar-refractivity contribution < 1.29 is 9.84 Å². The number of ether oxygens (including phenoxy) is 1. The van der Waals surface area contributed by atoms with Gasteiger partial charge < -0.3 is 19.1 Å². The first kappa shape index (κ1) is 22.3. The Balaban J connectivity index is 1.67. The Morgan fingerprint density at radius 2 is 1.97 bits per heavy atom. The summed E-state index contributed by atoms with van der Waals surface area (Å²) in [5.74, 6) is 1.16. The van der Waals surface area contributed by atoms with Gasteiger partial charge in [0.1, 0.15) is 11.4 Å². The molecule has 1 atom stereocenters. The maximum Gasteiger partial charge on any atom is 0.187 e. The fraction of sp³-hybridized carbons (Fsp3) is 0.259. The van der Waals surface area contributed by atoms with Gasteiger partial charge in [0.05, 0.1) is 31.0 Å². The zero-order chi connectivity index (χ0) is 23.8. The van der Waals surface area contributed by atoms with Crippen LogP contribution in [0.1, 0.15) is 18.9 Å². The fourth-order valence-corrected chi connectivity index (χ4v) is 4.87. The monoisotopic (exact) mass is 472 g/mol. The molecular formula is C27H25ClN4O2. The number of aliphatic hydroxyl groups excluding tert-OH is 1. The van der Waals surface area contributed by atoms with Gasteiger partial charge in [0.25, 0.3) is 0 Å². The molecule has 1 N–H and O–H groups in total. The predicted molar refractivity (Wildman–Crippen MR) is 136 cm³/mol. The second kappa shape index (κ2) is 9.02. The summed E-state index contributed by atoms with van der Waals surface area (Å²) in [7, 11) is 1.56. The highest BCUT2D eigenvalue weighted by Gasteiger charge is 2.23. The molecule has 0 saturated carbocycles. The molecule has 1 aliphatic rings. The number of halogens is 1. The van der Waals surface area contributed by atoms with Crippen LogP contribution in [0.3, 0.4) is 0 Å². The summed E-state index contributed by atoms with van der Waals surface area (Å²) < 4.78 is 7.32. The van der Waals surface area contributed by atoms with E-state index in [1.54, 1.807) is 19.2 Å². The lowest BCUT2D eigenvalue weighted by Gasteiger charge is -2.22. The molecule has 1 saturated heterocycles. The predicted octanol–water partition coefficient (Wildman–Crippen LogP) is 6.22. The smallest absolute Gasteiger partial charge is 0.187 e. The minimum atomic E-state index is -0.147. The highest BCUT2D eigenvalue weighted by molar-refractivity contribution is 6.32. The number of benzene rings is 2. The number of hydrogen-bond donors (Lipinski definition) is 1. The summed E-state index contributed by atoms with van der Waals surface area (Å²) in [6, 6.07) is 13.4. The molecule has 34 heavy (non-hydrogen) atoms. The summed E-state index contributed by atoms with van der Waals surface area (Å²) in [5, 5.41) is 10.4. The molecule has 0 bridgehead atoms. The van der Waals surface area contributed by atoms with Crippen LogP contribution in [-0.2, 0) is 6.61 Å². The third kappa shape index (κ3) is 3.98. The number of hydrogen-bond acceptors (Lipinski definition) is 4. The Morgan fingerprint density at radius 1 is 1.18 bits per heavy atom. The lowest BCUT2D eigenvalue weighted by atomic mass is 10.0. The van der Waals surface area contributed by atoms with Crippen molar-refractivity contribution in [2.24, 2.45) is 5.92 Å². The third-order valence-corrected chi connectivity index (χ3v) is 6.76. The maximum absolute atomic E-state index is 9.95. The lowest BCUT2D eigenvalue weighted by Crippen LogP contribution is -2.20. The van der Waals surface area contributed by atoms with Crippen molar-refractivity contribution in [1.29, 1.82) is 0 Å². The first-order chi connectivity index (χ1) is 16.5. The molecule has 2 aromatic carbocycles. The number of nitrogens with zero attached hydrogens (tertiary/aromatic N) is 4. The second-order valence-corrected chi connectivity index (χ2v) is 9.17. The van der Waals surface area contributed by atoms with Crippen LogP contribution < -0.4 is 9.64 Å². The Hall–Kier alpha value is -3.53. The van der Waals surface area contributed by atoms with Gasteiger partial charge >= 0.3 is 0 Å². The maximum atomic E-state index is 9.95. The molecule has 2 aromatic heterocycles. The van der Waals surface area contributed by atoms with E-state index in [0.29, 0.717) is 27.9 Å². The van der Waals surface area contributed by atoms with E-state index in [4.69, 9.17) is 27.9 Å². The molecule has 0 amide bonds. The van der Waals surface area contributed by atoms with Gasteiger partial charge in [0, 0.05) is 48.4 Å². The second-order valence-electron chi connectivity index (χ2n) is 8.76. The molecule has 0 aliphatic carbocycles. The van der Waals surface area contributed by atoms with Crippen molar-refractivity contribution in [2.75, 3.05) is 25.1 Å². The van der Waals surface area contributed by atoms with Crippen LogP contribution in [-0.4, -0.2) is 34.7 Å². The van der Waals surface area contributed by atoms with Crippen LogP contribution in [0.2, 0.25) is 5.02 Å². The van der Waals surface area contributed by atoms with E-state index >= 15 is 0 Å². The van der Waals surface area contributed by atoms with Gasteiger partial charge in [-0.1, -0.05) is 42.8 Å². The molecular weight excluding hydrogens is 448 g/mol. The SMILES string of the molecule is [C-]#[N+]c1ccc(-c2cn3cc(-c4cc(Cl)c(OC)cc4CO)nc3cc2N2CC[C@H](C)C2)cc1. The topological polar surface area (TPSA) is 54.4 Å². The van der Waals surface area contributed by atoms with E-state index in [0.717, 1.165) is 53.2 Å². The molecule has 172 valence electrons. The highest BCUT2D eigenvalue weighted by atomic mass is 35.5. The van der Waals surface area contributed by atoms with Crippen LogP contribution in [0.15, 0.2) is 54.9 Å².